The van der Waals surface area contributed by atoms with Gasteiger partial charge in [0.1, 0.15) is 5.75 Å². The number of hydrogen-bond donors (Lipinski definition) is 2. The number of aliphatic hydroxyl groups excluding tert-OH is 1. The molecule has 0 aromatic heterocycles. The van der Waals surface area contributed by atoms with Gasteiger partial charge in [0, 0.05) is 5.56 Å². The molecule has 0 spiro atoms. The van der Waals surface area contributed by atoms with Gasteiger partial charge in [0.15, 0.2) is 0 Å². The molecule has 0 saturated heterocycles. The fraction of sp³-hybridized carbons (Fsp3) is 0.500. The maximum Gasteiger partial charge on any atom is 0.573 e. The van der Waals surface area contributed by atoms with E-state index in [1.54, 1.807) is 6.07 Å². The van der Waals surface area contributed by atoms with Crippen LogP contribution in [0.4, 0.5) is 13.2 Å². The van der Waals surface area contributed by atoms with E-state index in [-0.39, 0.29) is 29.6 Å². The predicted octanol–water partition coefficient (Wildman–Crippen LogP) is 2.78. The molecule has 1 fully saturated rings. The van der Waals surface area contributed by atoms with Crippen LogP contribution >= 0.6 is 12.4 Å². The third-order valence-electron chi connectivity index (χ3n) is 2.98. The lowest BCUT2D eigenvalue weighted by molar-refractivity contribution is -0.275. The van der Waals surface area contributed by atoms with Crippen molar-refractivity contribution in [1.82, 2.24) is 0 Å². The molecule has 0 unspecified atom stereocenters. The van der Waals surface area contributed by atoms with E-state index in [0.29, 0.717) is 0 Å². The van der Waals surface area contributed by atoms with Gasteiger partial charge >= 0.3 is 6.36 Å². The molecule has 108 valence electrons. The highest BCUT2D eigenvalue weighted by atomic mass is 35.5. The summed E-state index contributed by atoms with van der Waals surface area (Å²) in [6, 6.07) is 4.77. The number of rotatable bonds is 4. The molecule has 2 atom stereocenters. The minimum Gasteiger partial charge on any atom is -0.405 e. The molecule has 0 heterocycles. The normalized spacial score (nSPS) is 18.4. The fourth-order valence-electron chi connectivity index (χ4n) is 1.89. The van der Waals surface area contributed by atoms with Gasteiger partial charge in [-0.15, -0.1) is 25.6 Å². The van der Waals surface area contributed by atoms with Crippen molar-refractivity contribution in [2.75, 3.05) is 0 Å². The average molecular weight is 298 g/mol. The first-order valence-corrected chi connectivity index (χ1v) is 5.67. The van der Waals surface area contributed by atoms with Crippen molar-refractivity contribution in [2.24, 2.45) is 11.7 Å². The summed E-state index contributed by atoms with van der Waals surface area (Å²) in [5.74, 6) is -0.267. The Morgan fingerprint density at radius 3 is 2.37 bits per heavy atom. The van der Waals surface area contributed by atoms with Gasteiger partial charge in [0.2, 0.25) is 0 Å². The van der Waals surface area contributed by atoms with E-state index >= 15 is 0 Å². The van der Waals surface area contributed by atoms with Crippen molar-refractivity contribution in [3.63, 3.8) is 0 Å². The highest BCUT2D eigenvalue weighted by Gasteiger charge is 2.37. The Balaban J connectivity index is 0.00000180. The summed E-state index contributed by atoms with van der Waals surface area (Å²) >= 11 is 0. The van der Waals surface area contributed by atoms with Crippen LogP contribution in [0.3, 0.4) is 0 Å². The molecule has 2 rings (SSSR count). The number of para-hydroxylation sites is 1. The SMILES string of the molecule is Cl.N[C@H](c1ccccc1OC(F)(F)F)[C@@H](O)C1CC1. The minimum atomic E-state index is -4.76. The van der Waals surface area contributed by atoms with Crippen LogP contribution in [0, 0.1) is 5.92 Å². The molecular weight excluding hydrogens is 283 g/mol. The summed E-state index contributed by atoms with van der Waals surface area (Å²) in [4.78, 5) is 0. The topological polar surface area (TPSA) is 55.5 Å². The highest BCUT2D eigenvalue weighted by molar-refractivity contribution is 5.85. The molecular formula is C12H15ClF3NO2. The monoisotopic (exact) mass is 297 g/mol. The van der Waals surface area contributed by atoms with Gasteiger partial charge in [0.05, 0.1) is 12.1 Å². The second-order valence-electron chi connectivity index (χ2n) is 4.44. The molecule has 1 aliphatic carbocycles. The summed E-state index contributed by atoms with van der Waals surface area (Å²) in [6.45, 7) is 0. The van der Waals surface area contributed by atoms with Crippen molar-refractivity contribution in [2.45, 2.75) is 31.3 Å². The van der Waals surface area contributed by atoms with E-state index < -0.39 is 18.5 Å². The summed E-state index contributed by atoms with van der Waals surface area (Å²) in [5, 5.41) is 9.87. The van der Waals surface area contributed by atoms with Crippen molar-refractivity contribution < 1.29 is 23.0 Å². The number of halogens is 4. The quantitative estimate of drug-likeness (QED) is 0.898. The van der Waals surface area contributed by atoms with Gasteiger partial charge in [-0.25, -0.2) is 0 Å². The molecule has 0 aliphatic heterocycles. The Kier molecular flexibility index (Phi) is 5.06. The molecule has 0 radical (unpaired) electrons. The van der Waals surface area contributed by atoms with E-state index in [9.17, 15) is 18.3 Å². The van der Waals surface area contributed by atoms with Crippen LogP contribution < -0.4 is 10.5 Å². The average Bonchev–Trinajstić information content (AvgIpc) is 3.09. The number of aliphatic hydroxyl groups is 1. The number of alkyl halides is 3. The molecule has 0 bridgehead atoms. The van der Waals surface area contributed by atoms with Gasteiger partial charge in [-0.2, -0.15) is 0 Å². The van der Waals surface area contributed by atoms with Crippen LogP contribution in [0.2, 0.25) is 0 Å². The maximum absolute atomic E-state index is 12.2. The number of nitrogens with two attached hydrogens (primary N) is 1. The Bertz CT molecular complexity index is 424. The molecule has 1 saturated carbocycles. The first-order chi connectivity index (χ1) is 8.38. The van der Waals surface area contributed by atoms with E-state index in [0.717, 1.165) is 12.8 Å². The van der Waals surface area contributed by atoms with E-state index in [4.69, 9.17) is 5.73 Å². The van der Waals surface area contributed by atoms with Crippen molar-refractivity contribution >= 4 is 12.4 Å². The molecule has 3 N–H and O–H groups in total. The highest BCUT2D eigenvalue weighted by Crippen LogP contribution is 2.39. The molecule has 3 nitrogen and oxygen atoms in total. The van der Waals surface area contributed by atoms with Gasteiger partial charge in [-0.3, -0.25) is 0 Å². The molecule has 0 amide bonds. The van der Waals surface area contributed by atoms with Crippen molar-refractivity contribution in [3.05, 3.63) is 29.8 Å². The van der Waals surface area contributed by atoms with Crippen molar-refractivity contribution in [1.29, 1.82) is 0 Å². The van der Waals surface area contributed by atoms with Crippen LogP contribution in [0.5, 0.6) is 5.75 Å². The Morgan fingerprint density at radius 1 is 1.26 bits per heavy atom. The molecule has 1 aromatic carbocycles. The summed E-state index contributed by atoms with van der Waals surface area (Å²) in [6.07, 6.45) is -3.88. The first kappa shape index (κ1) is 16.1. The van der Waals surface area contributed by atoms with Crippen LogP contribution in [0.25, 0.3) is 0 Å². The fourth-order valence-corrected chi connectivity index (χ4v) is 1.89. The largest absolute Gasteiger partial charge is 0.573 e. The minimum absolute atomic E-state index is 0. The lowest BCUT2D eigenvalue weighted by Crippen LogP contribution is -2.29. The number of benzene rings is 1. The number of hydrogen-bond acceptors (Lipinski definition) is 3. The Morgan fingerprint density at radius 2 is 1.84 bits per heavy atom. The second kappa shape index (κ2) is 5.98. The van der Waals surface area contributed by atoms with E-state index in [1.807, 2.05) is 0 Å². The summed E-state index contributed by atoms with van der Waals surface area (Å²) in [7, 11) is 0. The molecule has 7 heteroatoms. The van der Waals surface area contributed by atoms with Crippen LogP contribution in [-0.4, -0.2) is 17.6 Å². The Hall–Kier alpha value is -0.980. The smallest absolute Gasteiger partial charge is 0.405 e. The third kappa shape index (κ3) is 4.26. The first-order valence-electron chi connectivity index (χ1n) is 5.67. The summed E-state index contributed by atoms with van der Waals surface area (Å²) in [5.41, 5.74) is 5.98. The van der Waals surface area contributed by atoms with Gasteiger partial charge in [-0.05, 0) is 24.8 Å². The van der Waals surface area contributed by atoms with E-state index in [1.165, 1.54) is 18.2 Å². The van der Waals surface area contributed by atoms with E-state index in [2.05, 4.69) is 4.74 Å². The van der Waals surface area contributed by atoms with Crippen LogP contribution in [0.1, 0.15) is 24.4 Å². The van der Waals surface area contributed by atoms with Gasteiger partial charge < -0.3 is 15.6 Å². The van der Waals surface area contributed by atoms with Gasteiger partial charge in [-0.1, -0.05) is 18.2 Å². The second-order valence-corrected chi connectivity index (χ2v) is 4.44. The summed E-state index contributed by atoms with van der Waals surface area (Å²) < 4.78 is 40.6. The zero-order chi connectivity index (χ0) is 13.3. The molecule has 19 heavy (non-hydrogen) atoms. The molecule has 1 aliphatic rings. The lowest BCUT2D eigenvalue weighted by Gasteiger charge is -2.22. The van der Waals surface area contributed by atoms with Gasteiger partial charge in [0.25, 0.3) is 0 Å². The maximum atomic E-state index is 12.2. The lowest BCUT2D eigenvalue weighted by atomic mass is 9.98. The third-order valence-corrected chi connectivity index (χ3v) is 2.98. The van der Waals surface area contributed by atoms with Crippen LogP contribution in [-0.2, 0) is 0 Å². The predicted molar refractivity (Wildman–Crippen MR) is 66.0 cm³/mol. The zero-order valence-electron chi connectivity index (χ0n) is 9.93. The zero-order valence-corrected chi connectivity index (χ0v) is 10.7. The number of ether oxygens (including phenoxy) is 1. The van der Waals surface area contributed by atoms with Crippen molar-refractivity contribution in [3.8, 4) is 5.75 Å². The molecule has 1 aromatic rings. The standard InChI is InChI=1S/C12H14F3NO2.ClH/c13-12(14,15)18-9-4-2-1-3-8(9)10(16)11(17)7-5-6-7;/h1-4,7,10-11,17H,5-6,16H2;1H/t10-,11+;/m1./s1. The Labute approximate surface area is 115 Å². The van der Waals surface area contributed by atoms with Crippen LogP contribution in [0.15, 0.2) is 24.3 Å².